The van der Waals surface area contributed by atoms with E-state index in [1.165, 1.54) is 0 Å². The molecular formula is C8H17NO4P+. The summed E-state index contributed by atoms with van der Waals surface area (Å²) in [7, 11) is -1.71. The van der Waals surface area contributed by atoms with Crippen molar-refractivity contribution >= 4 is 13.9 Å². The van der Waals surface area contributed by atoms with Crippen molar-refractivity contribution in [2.75, 3.05) is 12.8 Å². The first-order valence-electron chi connectivity index (χ1n) is 4.66. The molecule has 0 aliphatic carbocycles. The standard InChI is InChI=1S/C8H16NO4P/c1-2-3-4-5-14(13)9-7(6-10)8(11)12/h7,10H,2-6H2,1H3,(H-,9,11,12,13)/p+1/t7-/m0/s1. The van der Waals surface area contributed by atoms with Gasteiger partial charge in [0.15, 0.2) is 12.2 Å². The molecule has 0 heterocycles. The minimum absolute atomic E-state index is 0.465. The molecule has 82 valence electrons. The molecular weight excluding hydrogens is 205 g/mol. The molecule has 14 heavy (non-hydrogen) atoms. The molecule has 0 radical (unpaired) electrons. The van der Waals surface area contributed by atoms with Gasteiger partial charge in [0.2, 0.25) is 0 Å². The molecule has 0 saturated carbocycles. The van der Waals surface area contributed by atoms with E-state index in [-0.39, 0.29) is 0 Å². The van der Waals surface area contributed by atoms with Crippen LogP contribution in [0.25, 0.3) is 0 Å². The first-order chi connectivity index (χ1) is 6.61. The number of nitrogens with one attached hydrogen (secondary N) is 1. The average molecular weight is 222 g/mol. The highest BCUT2D eigenvalue weighted by Gasteiger charge is 2.26. The van der Waals surface area contributed by atoms with E-state index in [1.54, 1.807) is 0 Å². The van der Waals surface area contributed by atoms with E-state index >= 15 is 0 Å². The van der Waals surface area contributed by atoms with E-state index < -0.39 is 26.6 Å². The molecule has 5 nitrogen and oxygen atoms in total. The van der Waals surface area contributed by atoms with Crippen molar-refractivity contribution in [3.05, 3.63) is 0 Å². The third-order valence-corrected chi connectivity index (χ3v) is 3.07. The van der Waals surface area contributed by atoms with Gasteiger partial charge in [-0.25, -0.2) is 0 Å². The molecule has 2 atom stereocenters. The van der Waals surface area contributed by atoms with Gasteiger partial charge in [-0.05, 0) is 12.8 Å². The molecule has 0 aliphatic heterocycles. The van der Waals surface area contributed by atoms with Crippen LogP contribution in [0.15, 0.2) is 0 Å². The second kappa shape index (κ2) is 7.85. The van der Waals surface area contributed by atoms with E-state index in [4.69, 9.17) is 10.2 Å². The predicted octanol–water partition coefficient (Wildman–Crippen LogP) is 0.954. The highest BCUT2D eigenvalue weighted by molar-refractivity contribution is 7.42. The van der Waals surface area contributed by atoms with Crippen LogP contribution >= 0.6 is 7.95 Å². The van der Waals surface area contributed by atoms with Crippen LogP contribution in [0.2, 0.25) is 0 Å². The molecule has 0 aromatic rings. The van der Waals surface area contributed by atoms with Crippen LogP contribution in [0.1, 0.15) is 26.2 Å². The summed E-state index contributed by atoms with van der Waals surface area (Å²) in [4.78, 5) is 10.4. The van der Waals surface area contributed by atoms with Crippen LogP contribution in [0.4, 0.5) is 0 Å². The highest BCUT2D eigenvalue weighted by Crippen LogP contribution is 2.18. The van der Waals surface area contributed by atoms with Crippen LogP contribution in [0.3, 0.4) is 0 Å². The van der Waals surface area contributed by atoms with Gasteiger partial charge in [-0.15, -0.1) is 0 Å². The van der Waals surface area contributed by atoms with Crippen molar-refractivity contribution in [3.8, 4) is 0 Å². The van der Waals surface area contributed by atoms with Gasteiger partial charge in [0.1, 0.15) is 0 Å². The summed E-state index contributed by atoms with van der Waals surface area (Å²) < 4.78 is 11.3. The van der Waals surface area contributed by atoms with Crippen LogP contribution < -0.4 is 5.09 Å². The molecule has 0 amide bonds. The first-order valence-corrected chi connectivity index (χ1v) is 6.10. The van der Waals surface area contributed by atoms with E-state index in [9.17, 15) is 9.36 Å². The number of hydrogen-bond acceptors (Lipinski definition) is 3. The lowest BCUT2D eigenvalue weighted by Gasteiger charge is -2.02. The molecule has 0 fully saturated rings. The predicted molar refractivity (Wildman–Crippen MR) is 53.6 cm³/mol. The molecule has 1 unspecified atom stereocenters. The summed E-state index contributed by atoms with van der Waals surface area (Å²) in [5.41, 5.74) is 0. The molecule has 3 N–H and O–H groups in total. The monoisotopic (exact) mass is 222 g/mol. The lowest BCUT2D eigenvalue weighted by Crippen LogP contribution is -2.35. The highest BCUT2D eigenvalue weighted by atomic mass is 31.1. The Hall–Kier alpha value is -0.510. The second-order valence-corrected chi connectivity index (χ2v) is 4.47. The van der Waals surface area contributed by atoms with Crippen molar-refractivity contribution in [1.82, 2.24) is 5.09 Å². The van der Waals surface area contributed by atoms with Crippen molar-refractivity contribution < 1.29 is 19.6 Å². The Bertz CT molecular complexity index is 198. The molecule has 0 saturated heterocycles. The Kier molecular flexibility index (Phi) is 7.57. The lowest BCUT2D eigenvalue weighted by molar-refractivity contribution is -0.139. The Morgan fingerprint density at radius 1 is 1.50 bits per heavy atom. The fourth-order valence-electron chi connectivity index (χ4n) is 0.918. The average Bonchev–Trinajstić information content (AvgIpc) is 2.14. The van der Waals surface area contributed by atoms with E-state index in [0.29, 0.717) is 6.16 Å². The maximum absolute atomic E-state index is 11.3. The van der Waals surface area contributed by atoms with E-state index in [2.05, 4.69) is 5.09 Å². The van der Waals surface area contributed by atoms with Gasteiger partial charge < -0.3 is 10.2 Å². The molecule has 0 spiro atoms. The van der Waals surface area contributed by atoms with Gasteiger partial charge in [0.05, 0.1) is 6.61 Å². The third-order valence-electron chi connectivity index (χ3n) is 1.75. The first kappa shape index (κ1) is 13.5. The van der Waals surface area contributed by atoms with Gasteiger partial charge in [0.25, 0.3) is 0 Å². The van der Waals surface area contributed by atoms with Gasteiger partial charge in [-0.3, -0.25) is 4.79 Å². The number of rotatable bonds is 8. The maximum Gasteiger partial charge on any atom is 0.432 e. The topological polar surface area (TPSA) is 86.6 Å². The Labute approximate surface area is 84.4 Å². The molecule has 0 bridgehead atoms. The number of aliphatic carboxylic acids is 1. The number of carbonyl (C=O) groups is 1. The zero-order chi connectivity index (χ0) is 11.0. The van der Waals surface area contributed by atoms with Crippen molar-refractivity contribution in [2.45, 2.75) is 32.2 Å². The number of hydrogen-bond donors (Lipinski definition) is 3. The summed E-state index contributed by atoms with van der Waals surface area (Å²) in [5, 5.41) is 19.6. The summed E-state index contributed by atoms with van der Waals surface area (Å²) in [6, 6.07) is -1.11. The maximum atomic E-state index is 11.3. The zero-order valence-corrected chi connectivity index (χ0v) is 9.17. The fourth-order valence-corrected chi connectivity index (χ4v) is 2.10. The summed E-state index contributed by atoms with van der Waals surface area (Å²) in [6.07, 6.45) is 3.30. The molecule has 0 aliphatic rings. The quantitative estimate of drug-likeness (QED) is 0.420. The van der Waals surface area contributed by atoms with Crippen molar-refractivity contribution in [2.24, 2.45) is 0 Å². The lowest BCUT2D eigenvalue weighted by atomic mass is 10.3. The summed E-state index contributed by atoms with van der Waals surface area (Å²) >= 11 is 0. The van der Waals surface area contributed by atoms with E-state index in [1.807, 2.05) is 6.92 Å². The minimum atomic E-state index is -1.71. The second-order valence-electron chi connectivity index (χ2n) is 3.01. The normalized spacial score (nSPS) is 13.7. The number of carboxylic acids is 1. The van der Waals surface area contributed by atoms with Crippen molar-refractivity contribution in [3.63, 3.8) is 0 Å². The van der Waals surface area contributed by atoms with Crippen LogP contribution in [-0.2, 0) is 9.36 Å². The van der Waals surface area contributed by atoms with Crippen LogP contribution in [0, 0.1) is 0 Å². The number of carboxylic acid groups (broad SMARTS) is 1. The van der Waals surface area contributed by atoms with Gasteiger partial charge in [0, 0.05) is 0 Å². The SMILES string of the molecule is CCCCC[P+](=O)N[C@@H](CO)C(=O)O. The fraction of sp³-hybridized carbons (Fsp3) is 0.875. The Morgan fingerprint density at radius 3 is 2.57 bits per heavy atom. The Morgan fingerprint density at radius 2 is 2.14 bits per heavy atom. The number of aliphatic hydroxyl groups excluding tert-OH is 1. The smallest absolute Gasteiger partial charge is 0.432 e. The molecule has 6 heteroatoms. The van der Waals surface area contributed by atoms with Gasteiger partial charge in [-0.2, -0.15) is 0 Å². The Balaban J connectivity index is 3.74. The van der Waals surface area contributed by atoms with Crippen LogP contribution in [0.5, 0.6) is 0 Å². The van der Waals surface area contributed by atoms with Gasteiger partial charge >= 0.3 is 13.9 Å². The van der Waals surface area contributed by atoms with Gasteiger partial charge in [-0.1, -0.05) is 23.0 Å². The van der Waals surface area contributed by atoms with Crippen LogP contribution in [-0.4, -0.2) is 35.0 Å². The minimum Gasteiger partial charge on any atom is -0.480 e. The molecule has 0 aromatic heterocycles. The summed E-state index contributed by atoms with van der Waals surface area (Å²) in [6.45, 7) is 1.50. The molecule has 0 rings (SSSR count). The molecule has 0 aromatic carbocycles. The zero-order valence-electron chi connectivity index (χ0n) is 8.27. The number of unbranched alkanes of at least 4 members (excludes halogenated alkanes) is 2. The number of aliphatic hydroxyl groups is 1. The largest absolute Gasteiger partial charge is 0.480 e. The van der Waals surface area contributed by atoms with Crippen molar-refractivity contribution in [1.29, 1.82) is 0 Å². The third kappa shape index (κ3) is 6.02. The summed E-state index contributed by atoms with van der Waals surface area (Å²) in [5.74, 6) is -1.17. The van der Waals surface area contributed by atoms with E-state index in [0.717, 1.165) is 19.3 Å².